The van der Waals surface area contributed by atoms with E-state index in [0.29, 0.717) is 30.0 Å². The average Bonchev–Trinajstić information content (AvgIpc) is 2.85. The molecule has 176 valence electrons. The summed E-state index contributed by atoms with van der Waals surface area (Å²) in [7, 11) is 1.75. The monoisotopic (exact) mass is 475 g/mol. The molecule has 0 aliphatic carbocycles. The zero-order valence-corrected chi connectivity index (χ0v) is 20.2. The summed E-state index contributed by atoms with van der Waals surface area (Å²) in [6, 6.07) is 23.8. The predicted molar refractivity (Wildman–Crippen MR) is 139 cm³/mol. The van der Waals surface area contributed by atoms with E-state index < -0.39 is 0 Å². The van der Waals surface area contributed by atoms with Crippen LogP contribution in [-0.4, -0.2) is 35.5 Å². The summed E-state index contributed by atoms with van der Waals surface area (Å²) >= 11 is 5.33. The number of amides is 2. The Hall–Kier alpha value is -3.71. The fraction of sp³-hybridized carbons (Fsp3) is 0.222. The maximum atomic E-state index is 13.1. The Balaban J connectivity index is 1.60. The standard InChI is InChI=1S/C27H29N3O3S/c1-3-4-18-33-22-16-14-21(15-17-22)25(31)29-27(34)28-24-13-9-8-12-23(24)26(32)30(2)19-20-10-6-5-7-11-20/h5-17H,3-4,18-19H2,1-2H3,(H2,28,29,31,34). The fourth-order valence-electron chi connectivity index (χ4n) is 3.28. The van der Waals surface area contributed by atoms with E-state index in [1.807, 2.05) is 30.3 Å². The van der Waals surface area contributed by atoms with E-state index in [0.717, 1.165) is 24.2 Å². The normalized spacial score (nSPS) is 10.3. The summed E-state index contributed by atoms with van der Waals surface area (Å²) in [5.41, 5.74) is 2.48. The van der Waals surface area contributed by atoms with Crippen LogP contribution in [0, 0.1) is 0 Å². The number of nitrogens with one attached hydrogen (secondary N) is 2. The third-order valence-electron chi connectivity index (χ3n) is 5.13. The van der Waals surface area contributed by atoms with Crippen molar-refractivity contribution in [1.82, 2.24) is 10.2 Å². The van der Waals surface area contributed by atoms with Gasteiger partial charge in [0.05, 0.1) is 17.9 Å². The summed E-state index contributed by atoms with van der Waals surface area (Å²) in [6.07, 6.45) is 2.04. The van der Waals surface area contributed by atoms with Crippen LogP contribution in [-0.2, 0) is 6.54 Å². The zero-order valence-electron chi connectivity index (χ0n) is 19.4. The number of unbranched alkanes of at least 4 members (excludes halogenated alkanes) is 1. The Labute approximate surface area is 205 Å². The summed E-state index contributed by atoms with van der Waals surface area (Å²) in [5.74, 6) is 0.222. The third-order valence-corrected chi connectivity index (χ3v) is 5.33. The van der Waals surface area contributed by atoms with Crippen molar-refractivity contribution in [3.63, 3.8) is 0 Å². The molecular weight excluding hydrogens is 446 g/mol. The topological polar surface area (TPSA) is 70.7 Å². The molecule has 34 heavy (non-hydrogen) atoms. The minimum absolute atomic E-state index is 0.110. The van der Waals surface area contributed by atoms with Gasteiger partial charge in [-0.1, -0.05) is 55.8 Å². The number of anilines is 1. The molecule has 2 amide bonds. The van der Waals surface area contributed by atoms with E-state index in [9.17, 15) is 9.59 Å². The average molecular weight is 476 g/mol. The summed E-state index contributed by atoms with van der Waals surface area (Å²) in [4.78, 5) is 27.3. The van der Waals surface area contributed by atoms with Crippen LogP contribution < -0.4 is 15.4 Å². The van der Waals surface area contributed by atoms with Gasteiger partial charge in [-0.2, -0.15) is 0 Å². The van der Waals surface area contributed by atoms with Gasteiger partial charge in [0.1, 0.15) is 5.75 Å². The summed E-state index contributed by atoms with van der Waals surface area (Å²) in [6.45, 7) is 3.23. The fourth-order valence-corrected chi connectivity index (χ4v) is 3.48. The Morgan fingerprint density at radius 2 is 1.62 bits per heavy atom. The Bertz CT molecular complexity index is 1120. The van der Waals surface area contributed by atoms with E-state index in [4.69, 9.17) is 17.0 Å². The number of ether oxygens (including phenoxy) is 1. The predicted octanol–water partition coefficient (Wildman–Crippen LogP) is 5.26. The number of para-hydroxylation sites is 1. The molecule has 0 atom stereocenters. The van der Waals surface area contributed by atoms with Crippen LogP contribution in [0.2, 0.25) is 0 Å². The van der Waals surface area contributed by atoms with Crippen molar-refractivity contribution in [2.24, 2.45) is 0 Å². The maximum Gasteiger partial charge on any atom is 0.257 e. The summed E-state index contributed by atoms with van der Waals surface area (Å²) in [5, 5.41) is 5.76. The smallest absolute Gasteiger partial charge is 0.257 e. The van der Waals surface area contributed by atoms with Crippen LogP contribution in [0.3, 0.4) is 0 Å². The molecule has 0 heterocycles. The third kappa shape index (κ3) is 7.15. The van der Waals surface area contributed by atoms with Crippen LogP contribution >= 0.6 is 12.2 Å². The molecule has 0 aliphatic rings. The Morgan fingerprint density at radius 3 is 2.32 bits per heavy atom. The first kappa shape index (κ1) is 24.9. The number of hydrogen-bond donors (Lipinski definition) is 2. The largest absolute Gasteiger partial charge is 0.494 e. The molecule has 0 radical (unpaired) electrons. The number of carbonyl (C=O) groups excluding carboxylic acids is 2. The molecule has 0 unspecified atom stereocenters. The minimum atomic E-state index is -0.345. The number of hydrogen-bond acceptors (Lipinski definition) is 4. The number of benzene rings is 3. The van der Waals surface area contributed by atoms with Crippen LogP contribution in [0.25, 0.3) is 0 Å². The van der Waals surface area contributed by atoms with Crippen molar-refractivity contribution in [1.29, 1.82) is 0 Å². The molecule has 7 heteroatoms. The van der Waals surface area contributed by atoms with Crippen molar-refractivity contribution in [2.75, 3.05) is 19.0 Å². The highest BCUT2D eigenvalue weighted by Crippen LogP contribution is 2.18. The lowest BCUT2D eigenvalue weighted by Crippen LogP contribution is -2.35. The van der Waals surface area contributed by atoms with Gasteiger partial charge in [0.2, 0.25) is 0 Å². The lowest BCUT2D eigenvalue weighted by atomic mass is 10.1. The molecule has 6 nitrogen and oxygen atoms in total. The Kier molecular flexibility index (Phi) is 9.17. The highest BCUT2D eigenvalue weighted by atomic mass is 32.1. The second kappa shape index (κ2) is 12.5. The molecule has 2 N–H and O–H groups in total. The zero-order chi connectivity index (χ0) is 24.3. The van der Waals surface area contributed by atoms with Crippen LogP contribution in [0.15, 0.2) is 78.9 Å². The van der Waals surface area contributed by atoms with Gasteiger partial charge < -0.3 is 15.0 Å². The number of rotatable bonds is 9. The SMILES string of the molecule is CCCCOc1ccc(C(=O)NC(=S)Nc2ccccc2C(=O)N(C)Cc2ccccc2)cc1. The molecule has 3 aromatic rings. The van der Waals surface area contributed by atoms with Gasteiger partial charge in [-0.25, -0.2) is 0 Å². The van der Waals surface area contributed by atoms with E-state index in [1.165, 1.54) is 0 Å². The second-order valence-electron chi connectivity index (χ2n) is 7.83. The van der Waals surface area contributed by atoms with Gasteiger partial charge >= 0.3 is 0 Å². The van der Waals surface area contributed by atoms with Crippen molar-refractivity contribution >= 4 is 34.8 Å². The first-order chi connectivity index (χ1) is 16.5. The van der Waals surface area contributed by atoms with Gasteiger partial charge in [0, 0.05) is 19.2 Å². The first-order valence-electron chi connectivity index (χ1n) is 11.2. The van der Waals surface area contributed by atoms with E-state index in [-0.39, 0.29) is 16.9 Å². The van der Waals surface area contributed by atoms with Crippen molar-refractivity contribution in [3.05, 3.63) is 95.6 Å². The van der Waals surface area contributed by atoms with E-state index in [2.05, 4.69) is 17.6 Å². The minimum Gasteiger partial charge on any atom is -0.494 e. The van der Waals surface area contributed by atoms with Crippen LogP contribution in [0.5, 0.6) is 5.75 Å². The summed E-state index contributed by atoms with van der Waals surface area (Å²) < 4.78 is 5.63. The quantitative estimate of drug-likeness (QED) is 0.326. The molecule has 0 spiro atoms. The first-order valence-corrected chi connectivity index (χ1v) is 11.6. The van der Waals surface area contributed by atoms with Crippen molar-refractivity contribution < 1.29 is 14.3 Å². The molecule has 0 aromatic heterocycles. The van der Waals surface area contributed by atoms with Gasteiger partial charge in [0.15, 0.2) is 5.11 Å². The molecule has 3 aromatic carbocycles. The van der Waals surface area contributed by atoms with Crippen molar-refractivity contribution in [2.45, 2.75) is 26.3 Å². The van der Waals surface area contributed by atoms with Crippen molar-refractivity contribution in [3.8, 4) is 5.75 Å². The molecular formula is C27H29N3O3S. The van der Waals surface area contributed by atoms with Crippen LogP contribution in [0.1, 0.15) is 46.0 Å². The van der Waals surface area contributed by atoms with E-state index in [1.54, 1.807) is 60.5 Å². The van der Waals surface area contributed by atoms with Gasteiger partial charge in [-0.05, 0) is 60.6 Å². The number of carbonyl (C=O) groups is 2. The van der Waals surface area contributed by atoms with E-state index >= 15 is 0 Å². The molecule has 0 saturated heterocycles. The molecule has 3 rings (SSSR count). The van der Waals surface area contributed by atoms with Gasteiger partial charge in [-0.3, -0.25) is 14.9 Å². The molecule has 0 bridgehead atoms. The van der Waals surface area contributed by atoms with Gasteiger partial charge in [0.25, 0.3) is 11.8 Å². The maximum absolute atomic E-state index is 13.1. The number of thiocarbonyl (C=S) groups is 1. The lowest BCUT2D eigenvalue weighted by Gasteiger charge is -2.20. The number of nitrogens with zero attached hydrogens (tertiary/aromatic N) is 1. The highest BCUT2D eigenvalue weighted by Gasteiger charge is 2.17. The molecule has 0 aliphatic heterocycles. The molecule has 0 saturated carbocycles. The van der Waals surface area contributed by atoms with Crippen LogP contribution in [0.4, 0.5) is 5.69 Å². The highest BCUT2D eigenvalue weighted by molar-refractivity contribution is 7.80. The van der Waals surface area contributed by atoms with Gasteiger partial charge in [-0.15, -0.1) is 0 Å². The lowest BCUT2D eigenvalue weighted by molar-refractivity contribution is 0.0786. The Morgan fingerprint density at radius 1 is 0.941 bits per heavy atom. The molecule has 0 fully saturated rings. The second-order valence-corrected chi connectivity index (χ2v) is 8.24.